The van der Waals surface area contributed by atoms with E-state index in [1.165, 1.54) is 19.3 Å². The maximum atomic E-state index is 11.0. The summed E-state index contributed by atoms with van der Waals surface area (Å²) in [6, 6.07) is 0. The van der Waals surface area contributed by atoms with E-state index in [-0.39, 0.29) is 5.78 Å². The molecule has 1 aliphatic carbocycles. The van der Waals surface area contributed by atoms with Gasteiger partial charge in [0.15, 0.2) is 0 Å². The van der Waals surface area contributed by atoms with E-state index >= 15 is 0 Å². The van der Waals surface area contributed by atoms with Crippen LogP contribution in [0.4, 0.5) is 0 Å². The number of carbonyl (C=O) groups excluding carboxylic acids is 1. The lowest BCUT2D eigenvalue weighted by Gasteiger charge is -2.24. The monoisotopic (exact) mass is 268 g/mol. The zero-order chi connectivity index (χ0) is 10.8. The third-order valence-electron chi connectivity index (χ3n) is 2.72. The Balaban J connectivity index is 2.23. The highest BCUT2D eigenvalue weighted by Crippen LogP contribution is 2.34. The number of hydrogen-bond acceptors (Lipinski definition) is 3. The first-order chi connectivity index (χ1) is 7.16. The predicted octanol–water partition coefficient (Wildman–Crippen LogP) is 2.64. The van der Waals surface area contributed by atoms with E-state index < -0.39 is 0 Å². The highest BCUT2D eigenvalue weighted by atomic mass is 79.9. The molecule has 0 saturated heterocycles. The summed E-state index contributed by atoms with van der Waals surface area (Å²) in [5.74, 6) is 1.55. The average Bonchev–Trinajstić information content (AvgIpc) is 2.07. The number of halogens is 1. The van der Waals surface area contributed by atoms with Crippen LogP contribution in [0.2, 0.25) is 0 Å². The van der Waals surface area contributed by atoms with Gasteiger partial charge >= 0.3 is 0 Å². The molecule has 0 aromatic carbocycles. The van der Waals surface area contributed by atoms with E-state index in [9.17, 15) is 4.79 Å². The van der Waals surface area contributed by atoms with Crippen molar-refractivity contribution in [3.8, 4) is 0 Å². The lowest BCUT2D eigenvalue weighted by atomic mass is 9.85. The fourth-order valence-electron chi connectivity index (χ4n) is 1.64. The van der Waals surface area contributed by atoms with Gasteiger partial charge in [0.2, 0.25) is 0 Å². The molecule has 4 heteroatoms. The van der Waals surface area contributed by atoms with Crippen molar-refractivity contribution >= 4 is 21.7 Å². The topological polar surface area (TPSA) is 42.9 Å². The molecule has 15 heavy (non-hydrogen) atoms. The second-order valence-electron chi connectivity index (χ2n) is 4.03. The van der Waals surface area contributed by atoms with Crippen LogP contribution in [-0.2, 0) is 11.2 Å². The van der Waals surface area contributed by atoms with E-state index in [0.717, 1.165) is 16.0 Å². The molecule has 1 aliphatic rings. The van der Waals surface area contributed by atoms with Gasteiger partial charge < -0.3 is 0 Å². The molecule has 3 nitrogen and oxygen atoms in total. The van der Waals surface area contributed by atoms with Crippen LogP contribution in [-0.4, -0.2) is 15.8 Å². The van der Waals surface area contributed by atoms with Crippen LogP contribution in [0.15, 0.2) is 10.7 Å². The van der Waals surface area contributed by atoms with Crippen molar-refractivity contribution in [2.24, 2.45) is 0 Å². The van der Waals surface area contributed by atoms with Crippen molar-refractivity contribution in [3.05, 3.63) is 22.2 Å². The summed E-state index contributed by atoms with van der Waals surface area (Å²) in [6.45, 7) is 1.58. The zero-order valence-corrected chi connectivity index (χ0v) is 10.2. The fourth-order valence-corrected chi connectivity index (χ4v) is 1.97. The Hall–Kier alpha value is -0.770. The first kappa shape index (κ1) is 10.7. The molecule has 0 aliphatic heterocycles. The van der Waals surface area contributed by atoms with Crippen LogP contribution in [0, 0.1) is 0 Å². The molecular formula is C11H13BrN2O. The number of hydrogen-bond donors (Lipinski definition) is 0. The Labute approximate surface area is 97.4 Å². The van der Waals surface area contributed by atoms with Gasteiger partial charge in [0.1, 0.15) is 11.6 Å². The molecule has 1 fully saturated rings. The van der Waals surface area contributed by atoms with Gasteiger partial charge in [-0.05, 0) is 35.7 Å². The first-order valence-electron chi connectivity index (χ1n) is 5.17. The fraction of sp³-hybridized carbons (Fsp3) is 0.545. The molecule has 0 N–H and O–H groups in total. The SMILES string of the molecule is CC(=O)Cc1nc(C2CCC2)ncc1Br. The van der Waals surface area contributed by atoms with Crippen molar-refractivity contribution in [2.45, 2.75) is 38.5 Å². The second kappa shape index (κ2) is 4.39. The molecule has 0 amide bonds. The normalized spacial score (nSPS) is 16.1. The van der Waals surface area contributed by atoms with Crippen LogP contribution in [0.3, 0.4) is 0 Å². The van der Waals surface area contributed by atoms with E-state index in [1.807, 2.05) is 0 Å². The summed E-state index contributed by atoms with van der Waals surface area (Å²) in [5.41, 5.74) is 0.819. The van der Waals surface area contributed by atoms with Crippen molar-refractivity contribution in [1.82, 2.24) is 9.97 Å². The highest BCUT2D eigenvalue weighted by molar-refractivity contribution is 9.10. The maximum absolute atomic E-state index is 11.0. The molecule has 1 aromatic heterocycles. The van der Waals surface area contributed by atoms with Crippen LogP contribution < -0.4 is 0 Å². The smallest absolute Gasteiger partial charge is 0.135 e. The quantitative estimate of drug-likeness (QED) is 0.847. The van der Waals surface area contributed by atoms with Crippen molar-refractivity contribution in [2.75, 3.05) is 0 Å². The largest absolute Gasteiger partial charge is 0.300 e. The van der Waals surface area contributed by atoms with Gasteiger partial charge in [-0.2, -0.15) is 0 Å². The summed E-state index contributed by atoms with van der Waals surface area (Å²) >= 11 is 3.37. The Bertz CT molecular complexity index is 388. The molecule has 1 aromatic rings. The lowest BCUT2D eigenvalue weighted by molar-refractivity contribution is -0.116. The number of Topliss-reactive ketones (excluding diaryl/α,β-unsaturated/α-hetero) is 1. The Morgan fingerprint density at radius 3 is 2.87 bits per heavy atom. The Morgan fingerprint density at radius 2 is 2.33 bits per heavy atom. The highest BCUT2D eigenvalue weighted by Gasteiger charge is 2.23. The second-order valence-corrected chi connectivity index (χ2v) is 4.88. The van der Waals surface area contributed by atoms with Crippen LogP contribution in [0.25, 0.3) is 0 Å². The summed E-state index contributed by atoms with van der Waals surface area (Å²) in [4.78, 5) is 19.8. The number of ketones is 1. The third-order valence-corrected chi connectivity index (χ3v) is 3.38. The van der Waals surface area contributed by atoms with E-state index in [0.29, 0.717) is 12.3 Å². The number of aromatic nitrogens is 2. The minimum atomic E-state index is 0.133. The number of rotatable bonds is 3. The molecule has 0 unspecified atom stereocenters. The molecule has 0 atom stereocenters. The number of carbonyl (C=O) groups is 1. The summed E-state index contributed by atoms with van der Waals surface area (Å²) in [6.07, 6.45) is 5.79. The van der Waals surface area contributed by atoms with Crippen molar-refractivity contribution in [3.63, 3.8) is 0 Å². The van der Waals surface area contributed by atoms with Crippen molar-refractivity contribution < 1.29 is 4.79 Å². The number of nitrogens with zero attached hydrogens (tertiary/aromatic N) is 2. The van der Waals surface area contributed by atoms with Gasteiger partial charge in [-0.1, -0.05) is 6.42 Å². The van der Waals surface area contributed by atoms with Gasteiger partial charge in [-0.15, -0.1) is 0 Å². The maximum Gasteiger partial charge on any atom is 0.135 e. The Kier molecular flexibility index (Phi) is 3.14. The molecule has 0 spiro atoms. The Morgan fingerprint density at radius 1 is 1.60 bits per heavy atom. The zero-order valence-electron chi connectivity index (χ0n) is 8.66. The summed E-state index contributed by atoms with van der Waals surface area (Å²) in [7, 11) is 0. The lowest BCUT2D eigenvalue weighted by Crippen LogP contribution is -2.14. The van der Waals surface area contributed by atoms with Crippen LogP contribution in [0.5, 0.6) is 0 Å². The minimum Gasteiger partial charge on any atom is -0.300 e. The molecule has 1 heterocycles. The third kappa shape index (κ3) is 2.43. The predicted molar refractivity (Wildman–Crippen MR) is 60.7 cm³/mol. The van der Waals surface area contributed by atoms with Crippen LogP contribution in [0.1, 0.15) is 43.6 Å². The summed E-state index contributed by atoms with van der Waals surface area (Å²) < 4.78 is 0.834. The molecule has 2 rings (SSSR count). The first-order valence-corrected chi connectivity index (χ1v) is 5.97. The summed E-state index contributed by atoms with van der Waals surface area (Å²) in [5, 5.41) is 0. The van der Waals surface area contributed by atoms with Gasteiger partial charge in [0.05, 0.1) is 10.2 Å². The van der Waals surface area contributed by atoms with E-state index in [4.69, 9.17) is 0 Å². The van der Waals surface area contributed by atoms with E-state index in [2.05, 4.69) is 25.9 Å². The van der Waals surface area contributed by atoms with Gasteiger partial charge in [-0.3, -0.25) is 4.79 Å². The molecule has 0 bridgehead atoms. The molecule has 80 valence electrons. The molecule has 0 radical (unpaired) electrons. The van der Waals surface area contributed by atoms with Gasteiger partial charge in [-0.25, -0.2) is 9.97 Å². The van der Waals surface area contributed by atoms with Gasteiger partial charge in [0, 0.05) is 18.5 Å². The molecule has 1 saturated carbocycles. The van der Waals surface area contributed by atoms with Crippen LogP contribution >= 0.6 is 15.9 Å². The standard InChI is InChI=1S/C11H13BrN2O/c1-7(15)5-10-9(12)6-13-11(14-10)8-3-2-4-8/h6,8H,2-5H2,1H3. The van der Waals surface area contributed by atoms with E-state index in [1.54, 1.807) is 13.1 Å². The van der Waals surface area contributed by atoms with Gasteiger partial charge in [0.25, 0.3) is 0 Å². The molecular weight excluding hydrogens is 256 g/mol. The van der Waals surface area contributed by atoms with Crippen molar-refractivity contribution in [1.29, 1.82) is 0 Å². The minimum absolute atomic E-state index is 0.133. The average molecular weight is 269 g/mol.